The molecule has 3 aliphatic rings. The highest BCUT2D eigenvalue weighted by Crippen LogP contribution is 2.65. The Morgan fingerprint density at radius 1 is 1.09 bits per heavy atom. The van der Waals surface area contributed by atoms with Gasteiger partial charge in [-0.15, -0.1) is 0 Å². The molecule has 0 spiro atoms. The van der Waals surface area contributed by atoms with Crippen LogP contribution in [-0.4, -0.2) is 71.1 Å². The van der Waals surface area contributed by atoms with Crippen LogP contribution in [0.2, 0.25) is 0 Å². The summed E-state index contributed by atoms with van der Waals surface area (Å²) < 4.78 is 5.29. The van der Waals surface area contributed by atoms with Crippen LogP contribution < -0.4 is 20.7 Å². The second-order valence-electron chi connectivity index (χ2n) is 13.5. The molecule has 234 valence electrons. The van der Waals surface area contributed by atoms with Gasteiger partial charge in [-0.05, 0) is 47.1 Å². The Kier molecular flexibility index (Phi) is 8.85. The molecule has 4 rings (SSSR count). The highest BCUT2D eigenvalue weighted by atomic mass is 16.6. The smallest absolute Gasteiger partial charge is 0.410 e. The van der Waals surface area contributed by atoms with Crippen molar-refractivity contribution in [2.24, 2.45) is 28.6 Å². The molecule has 1 aromatic rings. The number of hydrogen-bond acceptors (Lipinski definition) is 8. The van der Waals surface area contributed by atoms with E-state index in [1.165, 1.54) is 36.2 Å². The van der Waals surface area contributed by atoms with Crippen LogP contribution in [0, 0.1) is 38.7 Å². The van der Waals surface area contributed by atoms with E-state index in [1.807, 2.05) is 13.8 Å². The maximum atomic E-state index is 14.1. The third-order valence-electron chi connectivity index (χ3n) is 9.27. The lowest BCUT2D eigenvalue weighted by Gasteiger charge is -2.38. The maximum absolute atomic E-state index is 14.1. The molecule has 4 amide bonds. The van der Waals surface area contributed by atoms with Crippen molar-refractivity contribution in [3.8, 4) is 5.75 Å². The molecule has 1 heterocycles. The van der Waals surface area contributed by atoms with Crippen molar-refractivity contribution in [2.75, 3.05) is 13.6 Å². The minimum Gasteiger partial charge on any atom is -0.410 e. The Labute approximate surface area is 250 Å². The molecule has 1 aromatic carbocycles. The van der Waals surface area contributed by atoms with Gasteiger partial charge in [-0.2, -0.15) is 0 Å². The molecule has 0 bridgehead atoms. The van der Waals surface area contributed by atoms with E-state index in [9.17, 15) is 34.1 Å². The molecule has 13 heteroatoms. The Bertz CT molecular complexity index is 1300. The van der Waals surface area contributed by atoms with Crippen molar-refractivity contribution in [3.63, 3.8) is 0 Å². The summed E-state index contributed by atoms with van der Waals surface area (Å²) in [6, 6.07) is 2.00. The average Bonchev–Trinajstić information content (AvgIpc) is 3.22. The molecule has 3 fully saturated rings. The summed E-state index contributed by atoms with van der Waals surface area (Å²) >= 11 is 0. The largest absolute Gasteiger partial charge is 0.413 e. The molecule has 3 unspecified atom stereocenters. The summed E-state index contributed by atoms with van der Waals surface area (Å²) in [4.78, 5) is 77.7. The van der Waals surface area contributed by atoms with Gasteiger partial charge in [-0.25, -0.2) is 4.79 Å². The number of likely N-dealkylation sites (tertiary alicyclic amines) is 1. The van der Waals surface area contributed by atoms with Gasteiger partial charge in [0.15, 0.2) is 0 Å². The number of ether oxygens (including phenoxy) is 1. The van der Waals surface area contributed by atoms with Crippen LogP contribution in [-0.2, 0) is 19.2 Å². The number of hydrogen-bond donors (Lipinski definition) is 3. The van der Waals surface area contributed by atoms with Gasteiger partial charge in [0, 0.05) is 25.7 Å². The molecule has 1 aliphatic heterocycles. The first kappa shape index (κ1) is 31.9. The number of benzene rings is 1. The van der Waals surface area contributed by atoms with E-state index in [0.717, 1.165) is 19.3 Å². The Morgan fingerprint density at radius 3 is 2.23 bits per heavy atom. The highest BCUT2D eigenvalue weighted by Gasteiger charge is 2.70. The van der Waals surface area contributed by atoms with Gasteiger partial charge < -0.3 is 25.6 Å². The topological polar surface area (TPSA) is 177 Å². The second-order valence-corrected chi connectivity index (χ2v) is 13.5. The van der Waals surface area contributed by atoms with Crippen molar-refractivity contribution in [3.05, 3.63) is 34.4 Å². The van der Waals surface area contributed by atoms with Crippen molar-refractivity contribution in [2.45, 2.75) is 78.4 Å². The number of ketones is 1. The van der Waals surface area contributed by atoms with E-state index < -0.39 is 58.1 Å². The number of carbonyl (C=O) groups excluding carboxylic acids is 5. The first-order valence-electron chi connectivity index (χ1n) is 14.7. The van der Waals surface area contributed by atoms with Crippen LogP contribution in [0.3, 0.4) is 0 Å². The van der Waals surface area contributed by atoms with Crippen molar-refractivity contribution in [1.82, 2.24) is 20.9 Å². The fourth-order valence-corrected chi connectivity index (χ4v) is 6.35. The third kappa shape index (κ3) is 6.65. The number of non-ortho nitro benzene ring substituents is 1. The van der Waals surface area contributed by atoms with Gasteiger partial charge in [-0.1, -0.05) is 53.9 Å². The van der Waals surface area contributed by atoms with Gasteiger partial charge in [0.05, 0.1) is 11.0 Å². The molecule has 5 atom stereocenters. The molecule has 13 nitrogen and oxygen atoms in total. The molecule has 2 saturated carbocycles. The molecular formula is C30H41N5O8. The maximum Gasteiger partial charge on any atom is 0.413 e. The number of nitrogens with zero attached hydrogens (tertiary/aromatic N) is 2. The molecule has 0 aromatic heterocycles. The van der Waals surface area contributed by atoms with Crippen LogP contribution in [0.15, 0.2) is 24.3 Å². The monoisotopic (exact) mass is 599 g/mol. The fourth-order valence-electron chi connectivity index (χ4n) is 6.35. The lowest BCUT2D eigenvalue weighted by Crippen LogP contribution is -2.61. The number of amides is 4. The predicted octanol–water partition coefficient (Wildman–Crippen LogP) is 2.57. The summed E-state index contributed by atoms with van der Waals surface area (Å²) in [5.41, 5.74) is -1.15. The zero-order chi connectivity index (χ0) is 31.9. The SMILES string of the molecule is CNC(=O)C(=O)C(CC1CCC1)NC(=O)[C@@H]1C2C(CN1C(=O)[C@@H](NC(=O)Oc1ccc([N+](=O)[O-])cc1)C(C)(C)C)C2(C)C. The number of rotatable bonds is 10. The van der Waals surface area contributed by atoms with Crippen LogP contribution in [0.25, 0.3) is 0 Å². The molecule has 43 heavy (non-hydrogen) atoms. The predicted molar refractivity (Wildman–Crippen MR) is 155 cm³/mol. The number of nitro benzene ring substituents is 1. The number of nitrogens with one attached hydrogen (secondary N) is 3. The quantitative estimate of drug-likeness (QED) is 0.209. The van der Waals surface area contributed by atoms with Crippen LogP contribution in [0.5, 0.6) is 5.75 Å². The molecule has 3 N–H and O–H groups in total. The summed E-state index contributed by atoms with van der Waals surface area (Å²) in [5, 5.41) is 18.7. The number of Topliss-reactive ketones (excluding diaryl/α,β-unsaturated/α-hetero) is 1. The van der Waals surface area contributed by atoms with Crippen LogP contribution >= 0.6 is 0 Å². The second kappa shape index (κ2) is 11.9. The summed E-state index contributed by atoms with van der Waals surface area (Å²) in [6.45, 7) is 9.69. The molecule has 0 radical (unpaired) electrons. The third-order valence-corrected chi connectivity index (χ3v) is 9.27. The average molecular weight is 600 g/mol. The number of fused-ring (bicyclic) bond motifs is 1. The number of likely N-dealkylation sites (N-methyl/N-ethyl adjacent to an activating group) is 1. The summed E-state index contributed by atoms with van der Waals surface area (Å²) in [5.74, 6) is -2.25. The van der Waals surface area contributed by atoms with Gasteiger partial charge in [0.1, 0.15) is 17.8 Å². The van der Waals surface area contributed by atoms with Crippen LogP contribution in [0.1, 0.15) is 60.3 Å². The summed E-state index contributed by atoms with van der Waals surface area (Å²) in [7, 11) is 1.36. The lowest BCUT2D eigenvalue weighted by atomic mass is 9.80. The lowest BCUT2D eigenvalue weighted by molar-refractivity contribution is -0.384. The van der Waals surface area contributed by atoms with Crippen molar-refractivity contribution < 1.29 is 33.6 Å². The van der Waals surface area contributed by atoms with Crippen molar-refractivity contribution >= 4 is 35.3 Å². The fraction of sp³-hybridized carbons (Fsp3) is 0.633. The van der Waals surface area contributed by atoms with Gasteiger partial charge in [0.2, 0.25) is 17.6 Å². The van der Waals surface area contributed by atoms with E-state index in [2.05, 4.69) is 16.0 Å². The van der Waals surface area contributed by atoms with Crippen molar-refractivity contribution in [1.29, 1.82) is 0 Å². The first-order valence-corrected chi connectivity index (χ1v) is 14.7. The standard InChI is InChI=1S/C30H41N5O8/c1-29(2,3)24(33-28(40)43-18-12-10-17(11-13-18)35(41)42)27(39)34-15-19-21(30(19,4)5)22(34)25(37)32-20(14-16-8-7-9-16)23(36)26(38)31-6/h10-13,16,19-22,24H,7-9,14-15H2,1-6H3,(H,31,38)(H,32,37)(H,33,40)/t19?,20?,21?,22-,24+/m0/s1. The summed E-state index contributed by atoms with van der Waals surface area (Å²) in [6.07, 6.45) is 2.32. The normalized spacial score (nSPS) is 23.6. The molecule has 1 saturated heterocycles. The number of nitro groups is 1. The first-order chi connectivity index (χ1) is 20.1. The number of piperidine rings is 1. The van der Waals surface area contributed by atoms with Gasteiger partial charge in [0.25, 0.3) is 11.6 Å². The zero-order valence-corrected chi connectivity index (χ0v) is 25.5. The van der Waals surface area contributed by atoms with E-state index in [1.54, 1.807) is 20.8 Å². The van der Waals surface area contributed by atoms with Gasteiger partial charge >= 0.3 is 6.09 Å². The number of carbonyl (C=O) groups is 5. The van der Waals surface area contributed by atoms with E-state index >= 15 is 0 Å². The highest BCUT2D eigenvalue weighted by molar-refractivity contribution is 6.38. The molecular weight excluding hydrogens is 558 g/mol. The molecule has 2 aliphatic carbocycles. The minimum absolute atomic E-state index is 0.0552. The Balaban J connectivity index is 1.52. The van der Waals surface area contributed by atoms with E-state index in [4.69, 9.17) is 4.74 Å². The Hall–Kier alpha value is -4.03. The minimum atomic E-state index is -1.08. The Morgan fingerprint density at radius 2 is 1.72 bits per heavy atom. The van der Waals surface area contributed by atoms with E-state index in [-0.39, 0.29) is 34.6 Å². The van der Waals surface area contributed by atoms with Gasteiger partial charge in [-0.3, -0.25) is 29.3 Å². The van der Waals surface area contributed by atoms with Crippen LogP contribution in [0.4, 0.5) is 10.5 Å². The zero-order valence-electron chi connectivity index (χ0n) is 25.5. The van der Waals surface area contributed by atoms with E-state index in [0.29, 0.717) is 13.0 Å².